The average Bonchev–Trinajstić information content (AvgIpc) is 2.89. The minimum atomic E-state index is -0.150. The Kier molecular flexibility index (Phi) is 3.20. The molecule has 0 amide bonds. The third-order valence-corrected chi connectivity index (χ3v) is 3.55. The summed E-state index contributed by atoms with van der Waals surface area (Å²) in [5.41, 5.74) is 1.47. The van der Waals surface area contributed by atoms with E-state index in [-0.39, 0.29) is 6.10 Å². The van der Waals surface area contributed by atoms with Crippen molar-refractivity contribution in [2.24, 2.45) is 0 Å². The molecule has 0 bridgehead atoms. The van der Waals surface area contributed by atoms with E-state index in [1.54, 1.807) is 13.4 Å². The lowest BCUT2D eigenvalue weighted by Gasteiger charge is -2.26. The minimum Gasteiger partial charge on any atom is -0.393 e. The van der Waals surface area contributed by atoms with Crippen molar-refractivity contribution in [3.63, 3.8) is 0 Å². The van der Waals surface area contributed by atoms with Crippen LogP contribution in [0.15, 0.2) is 6.33 Å². The molecule has 2 heterocycles. The van der Waals surface area contributed by atoms with Gasteiger partial charge in [0.2, 0.25) is 5.95 Å². The molecule has 1 aliphatic rings. The number of rotatable bonds is 3. The first-order chi connectivity index (χ1) is 9.26. The van der Waals surface area contributed by atoms with E-state index in [0.717, 1.165) is 37.0 Å². The molecule has 7 nitrogen and oxygen atoms in total. The molecule has 1 saturated carbocycles. The lowest BCUT2D eigenvalue weighted by molar-refractivity contribution is 0.126. The number of nitrogens with zero attached hydrogens (tertiary/aromatic N) is 3. The van der Waals surface area contributed by atoms with Gasteiger partial charge in [0, 0.05) is 13.1 Å². The molecule has 7 heteroatoms. The Morgan fingerprint density at radius 1 is 1.26 bits per heavy atom. The SMILES string of the molecule is CNc1nc(NC2CCC(O)CC2)c2[nH]cnc2n1. The van der Waals surface area contributed by atoms with Gasteiger partial charge in [-0.1, -0.05) is 0 Å². The number of H-pyrrole nitrogens is 1. The second-order valence-electron chi connectivity index (χ2n) is 4.90. The molecule has 19 heavy (non-hydrogen) atoms. The number of aliphatic hydroxyl groups is 1. The molecule has 0 aromatic carbocycles. The Balaban J connectivity index is 1.85. The maximum absolute atomic E-state index is 9.53. The van der Waals surface area contributed by atoms with E-state index in [0.29, 0.717) is 17.6 Å². The lowest BCUT2D eigenvalue weighted by Crippen LogP contribution is -2.28. The number of fused-ring (bicyclic) bond motifs is 1. The van der Waals surface area contributed by atoms with Gasteiger partial charge in [-0.2, -0.15) is 9.97 Å². The van der Waals surface area contributed by atoms with Crippen molar-refractivity contribution >= 4 is 22.9 Å². The Morgan fingerprint density at radius 2 is 2.05 bits per heavy atom. The highest BCUT2D eigenvalue weighted by molar-refractivity contribution is 5.83. The van der Waals surface area contributed by atoms with E-state index in [4.69, 9.17) is 0 Å². The molecule has 0 atom stereocenters. The second-order valence-corrected chi connectivity index (χ2v) is 4.90. The molecule has 102 valence electrons. The van der Waals surface area contributed by atoms with Crippen molar-refractivity contribution in [3.8, 4) is 0 Å². The van der Waals surface area contributed by atoms with Crippen LogP contribution in [-0.2, 0) is 0 Å². The van der Waals surface area contributed by atoms with Crippen molar-refractivity contribution in [3.05, 3.63) is 6.33 Å². The van der Waals surface area contributed by atoms with Crippen LogP contribution in [0.4, 0.5) is 11.8 Å². The van der Waals surface area contributed by atoms with Gasteiger partial charge in [0.1, 0.15) is 5.52 Å². The minimum absolute atomic E-state index is 0.150. The van der Waals surface area contributed by atoms with Crippen molar-refractivity contribution in [2.75, 3.05) is 17.7 Å². The van der Waals surface area contributed by atoms with Gasteiger partial charge in [0.05, 0.1) is 12.4 Å². The molecule has 1 aliphatic carbocycles. The molecule has 0 unspecified atom stereocenters. The Morgan fingerprint density at radius 3 is 2.79 bits per heavy atom. The molecule has 0 spiro atoms. The van der Waals surface area contributed by atoms with E-state index in [1.165, 1.54) is 0 Å². The molecule has 4 N–H and O–H groups in total. The van der Waals surface area contributed by atoms with Gasteiger partial charge in [0.25, 0.3) is 0 Å². The standard InChI is InChI=1S/C12H18N6O/c1-13-12-17-10-9(14-6-15-10)11(18-12)16-7-2-4-8(19)5-3-7/h6-8,19H,2-5H2,1H3,(H3,13,14,15,16,17,18). The van der Waals surface area contributed by atoms with Crippen molar-refractivity contribution in [1.82, 2.24) is 19.9 Å². The number of nitrogens with one attached hydrogen (secondary N) is 3. The Labute approximate surface area is 110 Å². The smallest absolute Gasteiger partial charge is 0.226 e. The third-order valence-electron chi connectivity index (χ3n) is 3.55. The molecular formula is C12H18N6O. The van der Waals surface area contributed by atoms with Gasteiger partial charge >= 0.3 is 0 Å². The highest BCUT2D eigenvalue weighted by atomic mass is 16.3. The molecule has 1 fully saturated rings. The van der Waals surface area contributed by atoms with Crippen LogP contribution in [0.3, 0.4) is 0 Å². The quantitative estimate of drug-likeness (QED) is 0.661. The predicted octanol–water partition coefficient (Wildman–Crippen LogP) is 1.11. The first kappa shape index (κ1) is 12.2. The zero-order chi connectivity index (χ0) is 13.2. The van der Waals surface area contributed by atoms with Gasteiger partial charge in [-0.15, -0.1) is 0 Å². The zero-order valence-corrected chi connectivity index (χ0v) is 10.8. The number of hydrogen-bond acceptors (Lipinski definition) is 6. The number of aromatic nitrogens is 4. The molecule has 0 aliphatic heterocycles. The van der Waals surface area contributed by atoms with Crippen molar-refractivity contribution in [2.45, 2.75) is 37.8 Å². The third kappa shape index (κ3) is 2.46. The van der Waals surface area contributed by atoms with Crippen LogP contribution in [-0.4, -0.2) is 44.2 Å². The number of aliphatic hydroxyl groups excluding tert-OH is 1. The van der Waals surface area contributed by atoms with Crippen LogP contribution in [0.1, 0.15) is 25.7 Å². The van der Waals surface area contributed by atoms with E-state index < -0.39 is 0 Å². The molecule has 0 saturated heterocycles. The van der Waals surface area contributed by atoms with Gasteiger partial charge < -0.3 is 20.7 Å². The number of imidazole rings is 1. The number of aromatic amines is 1. The Hall–Kier alpha value is -1.89. The van der Waals surface area contributed by atoms with Crippen molar-refractivity contribution in [1.29, 1.82) is 0 Å². The fraction of sp³-hybridized carbons (Fsp3) is 0.583. The van der Waals surface area contributed by atoms with Crippen LogP contribution < -0.4 is 10.6 Å². The van der Waals surface area contributed by atoms with Gasteiger partial charge in [-0.25, -0.2) is 4.98 Å². The lowest BCUT2D eigenvalue weighted by atomic mass is 9.93. The second kappa shape index (κ2) is 5.00. The van der Waals surface area contributed by atoms with Crippen LogP contribution in [0.5, 0.6) is 0 Å². The summed E-state index contributed by atoms with van der Waals surface area (Å²) in [6, 6.07) is 0.342. The highest BCUT2D eigenvalue weighted by Crippen LogP contribution is 2.24. The van der Waals surface area contributed by atoms with E-state index in [1.807, 2.05) is 0 Å². The summed E-state index contributed by atoms with van der Waals surface area (Å²) in [5.74, 6) is 1.33. The summed E-state index contributed by atoms with van der Waals surface area (Å²) in [6.07, 6.45) is 5.06. The maximum Gasteiger partial charge on any atom is 0.226 e. The largest absolute Gasteiger partial charge is 0.393 e. The van der Waals surface area contributed by atoms with E-state index >= 15 is 0 Å². The van der Waals surface area contributed by atoms with Crippen molar-refractivity contribution < 1.29 is 5.11 Å². The van der Waals surface area contributed by atoms with Gasteiger partial charge in [-0.3, -0.25) is 0 Å². The fourth-order valence-corrected chi connectivity index (χ4v) is 2.46. The molecule has 3 rings (SSSR count). The monoisotopic (exact) mass is 262 g/mol. The first-order valence-corrected chi connectivity index (χ1v) is 6.59. The summed E-state index contributed by atoms with van der Waals surface area (Å²) < 4.78 is 0. The number of hydrogen-bond donors (Lipinski definition) is 4. The highest BCUT2D eigenvalue weighted by Gasteiger charge is 2.21. The van der Waals surface area contributed by atoms with Crippen LogP contribution >= 0.6 is 0 Å². The topological polar surface area (TPSA) is 98.8 Å². The summed E-state index contributed by atoms with van der Waals surface area (Å²) in [4.78, 5) is 15.9. The number of anilines is 2. The molecule has 0 radical (unpaired) electrons. The fourth-order valence-electron chi connectivity index (χ4n) is 2.46. The van der Waals surface area contributed by atoms with Crippen LogP contribution in [0.2, 0.25) is 0 Å². The molecule has 2 aromatic heterocycles. The van der Waals surface area contributed by atoms with Gasteiger partial charge in [-0.05, 0) is 25.7 Å². The van der Waals surface area contributed by atoms with Crippen LogP contribution in [0, 0.1) is 0 Å². The van der Waals surface area contributed by atoms with Gasteiger partial charge in [0.15, 0.2) is 11.5 Å². The summed E-state index contributed by atoms with van der Waals surface area (Å²) in [5, 5.41) is 15.9. The van der Waals surface area contributed by atoms with E-state index in [9.17, 15) is 5.11 Å². The molecular weight excluding hydrogens is 244 g/mol. The predicted molar refractivity (Wildman–Crippen MR) is 73.1 cm³/mol. The summed E-state index contributed by atoms with van der Waals surface area (Å²) in [7, 11) is 1.79. The van der Waals surface area contributed by atoms with E-state index in [2.05, 4.69) is 30.6 Å². The maximum atomic E-state index is 9.53. The first-order valence-electron chi connectivity index (χ1n) is 6.59. The summed E-state index contributed by atoms with van der Waals surface area (Å²) in [6.45, 7) is 0. The zero-order valence-electron chi connectivity index (χ0n) is 10.8. The summed E-state index contributed by atoms with van der Waals surface area (Å²) >= 11 is 0. The van der Waals surface area contributed by atoms with Crippen LogP contribution in [0.25, 0.3) is 11.2 Å². The normalized spacial score (nSPS) is 23.5. The Bertz CT molecular complexity index is 560. The molecule has 2 aromatic rings. The average molecular weight is 262 g/mol.